The van der Waals surface area contributed by atoms with E-state index in [2.05, 4.69) is 0 Å². The van der Waals surface area contributed by atoms with E-state index in [4.69, 9.17) is 5.11 Å². The van der Waals surface area contributed by atoms with E-state index in [0.717, 1.165) is 17.5 Å². The molecule has 0 saturated carbocycles. The molecule has 0 saturated heterocycles. The summed E-state index contributed by atoms with van der Waals surface area (Å²) in [6.45, 7) is -0.320. The Balaban J connectivity index is 0.00000112. The summed E-state index contributed by atoms with van der Waals surface area (Å²) in [5.41, 5.74) is 0.760. The Labute approximate surface area is 113 Å². The standard InChI is InChI=1S/C11H12O3.Y/c12-7-11(10(13)14)6-5-8-3-1-2-4-9(8)11;/h1-4,12H,5-7H2,(H,13,14);. The molecule has 3 nitrogen and oxygen atoms in total. The third-order valence-electron chi connectivity index (χ3n) is 3.03. The first-order chi connectivity index (χ1) is 6.70. The molecule has 77 valence electrons. The second-order valence-corrected chi connectivity index (χ2v) is 3.70. The van der Waals surface area contributed by atoms with Crippen LogP contribution in [0.1, 0.15) is 17.5 Å². The average Bonchev–Trinajstić information content (AvgIpc) is 2.57. The number of carboxylic acid groups (broad SMARTS) is 1. The normalized spacial score (nSPS) is 23.0. The number of aliphatic hydroxyl groups is 1. The summed E-state index contributed by atoms with van der Waals surface area (Å²) in [4.78, 5) is 11.2. The van der Waals surface area contributed by atoms with Gasteiger partial charge in [0.15, 0.2) is 0 Å². The van der Waals surface area contributed by atoms with E-state index >= 15 is 0 Å². The quantitative estimate of drug-likeness (QED) is 0.848. The third kappa shape index (κ3) is 1.88. The van der Waals surface area contributed by atoms with Crippen LogP contribution in [-0.2, 0) is 49.3 Å². The zero-order chi connectivity index (χ0) is 10.2. The molecule has 0 spiro atoms. The minimum absolute atomic E-state index is 0. The molecule has 1 aromatic carbocycles. The molecule has 0 bridgehead atoms. The predicted octanol–water partition coefficient (Wildman–Crippen LogP) is 0.945. The van der Waals surface area contributed by atoms with Crippen molar-refractivity contribution < 1.29 is 47.7 Å². The van der Waals surface area contributed by atoms with Crippen LogP contribution < -0.4 is 0 Å². The zero-order valence-electron chi connectivity index (χ0n) is 8.31. The van der Waals surface area contributed by atoms with Crippen LogP contribution in [0.25, 0.3) is 0 Å². The first-order valence-corrected chi connectivity index (χ1v) is 4.63. The largest absolute Gasteiger partial charge is 0.481 e. The summed E-state index contributed by atoms with van der Waals surface area (Å²) in [6, 6.07) is 7.44. The van der Waals surface area contributed by atoms with E-state index in [1.165, 1.54) is 0 Å². The summed E-state index contributed by atoms with van der Waals surface area (Å²) in [5.74, 6) is -0.926. The smallest absolute Gasteiger partial charge is 0.316 e. The molecule has 1 aliphatic carbocycles. The molecule has 0 heterocycles. The number of aliphatic hydroxyl groups excluding tert-OH is 1. The van der Waals surface area contributed by atoms with E-state index in [1.54, 1.807) is 6.07 Å². The van der Waals surface area contributed by atoms with Crippen molar-refractivity contribution in [3.63, 3.8) is 0 Å². The summed E-state index contributed by atoms with van der Waals surface area (Å²) in [7, 11) is 0. The summed E-state index contributed by atoms with van der Waals surface area (Å²) >= 11 is 0. The van der Waals surface area contributed by atoms with Crippen molar-refractivity contribution in [2.24, 2.45) is 0 Å². The van der Waals surface area contributed by atoms with Crippen molar-refractivity contribution in [3.8, 4) is 0 Å². The van der Waals surface area contributed by atoms with Crippen molar-refractivity contribution in [1.29, 1.82) is 0 Å². The second-order valence-electron chi connectivity index (χ2n) is 3.70. The number of hydrogen-bond acceptors (Lipinski definition) is 2. The number of rotatable bonds is 2. The maximum atomic E-state index is 11.2. The number of hydrogen-bond donors (Lipinski definition) is 2. The van der Waals surface area contributed by atoms with Crippen molar-refractivity contribution in [3.05, 3.63) is 35.4 Å². The molecule has 4 heteroatoms. The first kappa shape index (κ1) is 12.8. The second kappa shape index (κ2) is 4.73. The molecule has 0 amide bonds. The van der Waals surface area contributed by atoms with Crippen LogP contribution in [0.2, 0.25) is 0 Å². The zero-order valence-corrected chi connectivity index (χ0v) is 11.1. The van der Waals surface area contributed by atoms with E-state index in [0.29, 0.717) is 6.42 Å². The van der Waals surface area contributed by atoms with Crippen LogP contribution in [0, 0.1) is 0 Å². The van der Waals surface area contributed by atoms with Gasteiger partial charge in [0, 0.05) is 32.7 Å². The van der Waals surface area contributed by atoms with Gasteiger partial charge in [-0.3, -0.25) is 4.79 Å². The average molecular weight is 281 g/mol. The summed E-state index contributed by atoms with van der Waals surface area (Å²) in [5, 5.41) is 18.4. The molecule has 15 heavy (non-hydrogen) atoms. The molecular formula is C11H12O3Y. The number of carbonyl (C=O) groups is 1. The Bertz CT molecular complexity index is 378. The van der Waals surface area contributed by atoms with Crippen LogP contribution in [0.5, 0.6) is 0 Å². The number of benzene rings is 1. The van der Waals surface area contributed by atoms with Gasteiger partial charge in [-0.25, -0.2) is 0 Å². The molecule has 0 aromatic heterocycles. The van der Waals surface area contributed by atoms with Gasteiger partial charge in [0.25, 0.3) is 0 Å². The molecule has 1 radical (unpaired) electrons. The molecule has 1 aromatic rings. The first-order valence-electron chi connectivity index (χ1n) is 4.63. The summed E-state index contributed by atoms with van der Waals surface area (Å²) < 4.78 is 0. The van der Waals surface area contributed by atoms with Crippen molar-refractivity contribution in [2.45, 2.75) is 18.3 Å². The molecule has 0 fully saturated rings. The van der Waals surface area contributed by atoms with Crippen LogP contribution in [0.4, 0.5) is 0 Å². The van der Waals surface area contributed by atoms with Gasteiger partial charge >= 0.3 is 5.97 Å². The molecular weight excluding hydrogens is 269 g/mol. The number of carboxylic acids is 1. The van der Waals surface area contributed by atoms with Crippen molar-refractivity contribution in [2.75, 3.05) is 6.61 Å². The Morgan fingerprint density at radius 3 is 2.67 bits per heavy atom. The van der Waals surface area contributed by atoms with Crippen LogP contribution >= 0.6 is 0 Å². The Morgan fingerprint density at radius 2 is 2.07 bits per heavy atom. The fourth-order valence-electron chi connectivity index (χ4n) is 2.14. The fourth-order valence-corrected chi connectivity index (χ4v) is 2.14. The van der Waals surface area contributed by atoms with E-state index < -0.39 is 11.4 Å². The van der Waals surface area contributed by atoms with Crippen LogP contribution in [0.3, 0.4) is 0 Å². The fraction of sp³-hybridized carbons (Fsp3) is 0.364. The molecule has 2 rings (SSSR count). The number of fused-ring (bicyclic) bond motifs is 1. The molecule has 1 atom stereocenters. The number of aliphatic carboxylic acids is 1. The third-order valence-corrected chi connectivity index (χ3v) is 3.03. The van der Waals surface area contributed by atoms with Gasteiger partial charge in [-0.1, -0.05) is 24.3 Å². The van der Waals surface area contributed by atoms with E-state index in [-0.39, 0.29) is 39.3 Å². The number of aryl methyl sites for hydroxylation is 1. The van der Waals surface area contributed by atoms with Gasteiger partial charge < -0.3 is 10.2 Å². The van der Waals surface area contributed by atoms with Crippen LogP contribution in [0.15, 0.2) is 24.3 Å². The maximum Gasteiger partial charge on any atom is 0.316 e. The van der Waals surface area contributed by atoms with E-state index in [1.807, 2.05) is 18.2 Å². The molecule has 0 aliphatic heterocycles. The van der Waals surface area contributed by atoms with Crippen molar-refractivity contribution >= 4 is 5.97 Å². The van der Waals surface area contributed by atoms with Gasteiger partial charge in [-0.2, -0.15) is 0 Å². The monoisotopic (exact) mass is 281 g/mol. The Hall–Kier alpha value is -0.246. The molecule has 2 N–H and O–H groups in total. The minimum Gasteiger partial charge on any atom is -0.481 e. The minimum atomic E-state index is -1.06. The topological polar surface area (TPSA) is 57.5 Å². The Morgan fingerprint density at radius 1 is 1.40 bits per heavy atom. The van der Waals surface area contributed by atoms with Crippen LogP contribution in [-0.4, -0.2) is 22.8 Å². The molecule has 1 unspecified atom stereocenters. The SMILES string of the molecule is O=C(O)C1(CO)CCc2ccccc21.[Y]. The van der Waals surface area contributed by atoms with E-state index in [9.17, 15) is 9.90 Å². The van der Waals surface area contributed by atoms with Gasteiger partial charge in [-0.05, 0) is 24.0 Å². The van der Waals surface area contributed by atoms with Crippen molar-refractivity contribution in [1.82, 2.24) is 0 Å². The summed E-state index contributed by atoms with van der Waals surface area (Å²) in [6.07, 6.45) is 1.24. The van der Waals surface area contributed by atoms with Gasteiger partial charge in [0.05, 0.1) is 6.61 Å². The van der Waals surface area contributed by atoms with Gasteiger partial charge in [0.2, 0.25) is 0 Å². The van der Waals surface area contributed by atoms with Gasteiger partial charge in [0.1, 0.15) is 5.41 Å². The molecule has 1 aliphatic rings. The predicted molar refractivity (Wildman–Crippen MR) is 51.2 cm³/mol. The van der Waals surface area contributed by atoms with Gasteiger partial charge in [-0.15, -0.1) is 0 Å². The Kier molecular flexibility index (Phi) is 4.04. The maximum absolute atomic E-state index is 11.2.